The third-order valence-corrected chi connectivity index (χ3v) is 5.16. The largest absolute Gasteiger partial charge is 0.378 e. The van der Waals surface area contributed by atoms with Gasteiger partial charge in [-0.1, -0.05) is 48.5 Å². The number of para-hydroxylation sites is 1. The second-order valence-electron chi connectivity index (χ2n) is 7.32. The molecule has 29 heavy (non-hydrogen) atoms. The van der Waals surface area contributed by atoms with E-state index in [0.29, 0.717) is 22.4 Å². The minimum Gasteiger partial charge on any atom is -0.378 e. The van der Waals surface area contributed by atoms with Crippen LogP contribution in [0.3, 0.4) is 0 Å². The van der Waals surface area contributed by atoms with Gasteiger partial charge in [-0.05, 0) is 54.0 Å². The molecule has 3 aromatic carbocycles. The van der Waals surface area contributed by atoms with Crippen molar-refractivity contribution in [1.82, 2.24) is 0 Å². The normalized spacial score (nSPS) is 14.9. The summed E-state index contributed by atoms with van der Waals surface area (Å²) in [6.07, 6.45) is 1.86. The number of benzene rings is 3. The van der Waals surface area contributed by atoms with E-state index in [0.717, 1.165) is 16.8 Å². The smallest absolute Gasteiger partial charge is 0.265 e. The topological polar surface area (TPSA) is 40.6 Å². The summed E-state index contributed by atoms with van der Waals surface area (Å²) < 4.78 is 0. The quantitative estimate of drug-likeness (QED) is 0.483. The van der Waals surface area contributed by atoms with Crippen LogP contribution in [0.4, 0.5) is 11.4 Å². The highest BCUT2D eigenvalue weighted by atomic mass is 16.2. The second kappa shape index (κ2) is 7.40. The highest BCUT2D eigenvalue weighted by Gasteiger charge is 2.36. The van der Waals surface area contributed by atoms with Crippen LogP contribution in [0, 0.1) is 6.92 Å². The Hall–Kier alpha value is -3.66. The first-order chi connectivity index (χ1) is 14.0. The van der Waals surface area contributed by atoms with Crippen molar-refractivity contribution in [3.05, 3.63) is 95.1 Å². The maximum Gasteiger partial charge on any atom is 0.265 e. The molecule has 0 radical (unpaired) electrons. The molecule has 4 nitrogen and oxygen atoms in total. The maximum atomic E-state index is 13.5. The molecule has 0 aromatic heterocycles. The van der Waals surface area contributed by atoms with Gasteiger partial charge >= 0.3 is 0 Å². The van der Waals surface area contributed by atoms with Crippen molar-refractivity contribution in [2.75, 3.05) is 23.9 Å². The van der Waals surface area contributed by atoms with E-state index in [2.05, 4.69) is 0 Å². The molecule has 1 aliphatic rings. The van der Waals surface area contributed by atoms with Gasteiger partial charge in [0.05, 0.1) is 5.69 Å². The van der Waals surface area contributed by atoms with Gasteiger partial charge in [0.15, 0.2) is 0 Å². The molecule has 0 atom stereocenters. The lowest BCUT2D eigenvalue weighted by atomic mass is 9.91. The summed E-state index contributed by atoms with van der Waals surface area (Å²) in [7, 11) is 3.97. The lowest BCUT2D eigenvalue weighted by molar-refractivity contribution is -0.112. The number of hydrogen-bond donors (Lipinski definition) is 0. The zero-order valence-corrected chi connectivity index (χ0v) is 16.7. The number of aryl methyl sites for hydroxylation is 1. The molecule has 4 heteroatoms. The lowest BCUT2D eigenvalue weighted by Crippen LogP contribution is -2.42. The molecule has 1 heterocycles. The Kier molecular flexibility index (Phi) is 4.77. The van der Waals surface area contributed by atoms with Crippen molar-refractivity contribution in [3.8, 4) is 0 Å². The number of fused-ring (bicyclic) bond motifs is 1. The number of carbonyl (C=O) groups excluding carboxylic acids is 2. The molecule has 3 aromatic rings. The Labute approximate surface area is 170 Å². The first kappa shape index (κ1) is 18.7. The molecule has 0 N–H and O–H groups in total. The van der Waals surface area contributed by atoms with E-state index in [9.17, 15) is 9.59 Å². The predicted octanol–water partition coefficient (Wildman–Crippen LogP) is 4.79. The Bertz CT molecular complexity index is 1130. The summed E-state index contributed by atoms with van der Waals surface area (Å²) >= 11 is 0. The first-order valence-corrected chi connectivity index (χ1v) is 9.50. The SMILES string of the molecule is Cc1ccccc1N1C(=O)/C(=C\c2ccc(N(C)C)cc2)c2ccccc2C1=O. The number of amides is 2. The fourth-order valence-electron chi connectivity index (χ4n) is 3.56. The average Bonchev–Trinajstić information content (AvgIpc) is 2.73. The molecule has 2 amide bonds. The van der Waals surface area contributed by atoms with Crippen molar-refractivity contribution in [2.45, 2.75) is 6.92 Å². The van der Waals surface area contributed by atoms with Crippen molar-refractivity contribution >= 4 is 34.8 Å². The molecule has 0 aliphatic carbocycles. The molecule has 0 bridgehead atoms. The highest BCUT2D eigenvalue weighted by Crippen LogP contribution is 2.34. The number of carbonyl (C=O) groups is 2. The molecule has 0 fully saturated rings. The Morgan fingerprint density at radius 2 is 1.38 bits per heavy atom. The molecule has 0 spiro atoms. The zero-order chi connectivity index (χ0) is 20.5. The highest BCUT2D eigenvalue weighted by molar-refractivity contribution is 6.43. The summed E-state index contributed by atoms with van der Waals surface area (Å²) in [5.74, 6) is -0.598. The monoisotopic (exact) mass is 382 g/mol. The van der Waals surface area contributed by atoms with E-state index >= 15 is 0 Å². The molecular weight excluding hydrogens is 360 g/mol. The molecule has 144 valence electrons. The van der Waals surface area contributed by atoms with Crippen LogP contribution in [0.1, 0.15) is 27.0 Å². The molecule has 0 saturated heterocycles. The van der Waals surface area contributed by atoms with Gasteiger partial charge in [-0.3, -0.25) is 9.59 Å². The van der Waals surface area contributed by atoms with Gasteiger partial charge in [0.2, 0.25) is 0 Å². The summed E-state index contributed by atoms with van der Waals surface area (Å²) in [6.45, 7) is 1.90. The van der Waals surface area contributed by atoms with Crippen molar-refractivity contribution in [2.24, 2.45) is 0 Å². The Morgan fingerprint density at radius 1 is 0.759 bits per heavy atom. The Balaban J connectivity index is 1.86. The minimum absolute atomic E-state index is 0.292. The third-order valence-electron chi connectivity index (χ3n) is 5.16. The van der Waals surface area contributed by atoms with Crippen LogP contribution in [0.15, 0.2) is 72.8 Å². The lowest BCUT2D eigenvalue weighted by Gasteiger charge is -2.29. The van der Waals surface area contributed by atoms with Gasteiger partial charge < -0.3 is 4.90 Å². The van der Waals surface area contributed by atoms with Gasteiger partial charge in [0, 0.05) is 30.9 Å². The van der Waals surface area contributed by atoms with E-state index in [1.54, 1.807) is 6.07 Å². The van der Waals surface area contributed by atoms with Gasteiger partial charge in [0.25, 0.3) is 11.8 Å². The van der Waals surface area contributed by atoms with Crippen LogP contribution in [0.5, 0.6) is 0 Å². The Morgan fingerprint density at radius 3 is 2.03 bits per heavy atom. The fraction of sp³-hybridized carbons (Fsp3) is 0.120. The van der Waals surface area contributed by atoms with Gasteiger partial charge in [-0.25, -0.2) is 4.90 Å². The van der Waals surface area contributed by atoms with Crippen molar-refractivity contribution in [3.63, 3.8) is 0 Å². The molecule has 4 rings (SSSR count). The van der Waals surface area contributed by atoms with Crippen LogP contribution in [-0.4, -0.2) is 25.9 Å². The fourth-order valence-corrected chi connectivity index (χ4v) is 3.56. The van der Waals surface area contributed by atoms with Crippen LogP contribution in [0.2, 0.25) is 0 Å². The summed E-state index contributed by atoms with van der Waals surface area (Å²) in [6, 6.07) is 22.7. The number of hydrogen-bond acceptors (Lipinski definition) is 3. The second-order valence-corrected chi connectivity index (χ2v) is 7.32. The van der Waals surface area contributed by atoms with Gasteiger partial charge in [-0.15, -0.1) is 0 Å². The average molecular weight is 382 g/mol. The standard InChI is InChI=1S/C25H22N2O2/c1-17-8-4-7-11-23(17)27-24(28)21-10-6-5-9-20(21)22(25(27)29)16-18-12-14-19(15-13-18)26(2)3/h4-16H,1-3H3/b22-16-. The zero-order valence-electron chi connectivity index (χ0n) is 16.7. The van der Waals surface area contributed by atoms with E-state index < -0.39 is 0 Å². The van der Waals surface area contributed by atoms with E-state index in [1.807, 2.05) is 98.7 Å². The summed E-state index contributed by atoms with van der Waals surface area (Å²) in [4.78, 5) is 29.9. The minimum atomic E-state index is -0.306. The van der Waals surface area contributed by atoms with Crippen LogP contribution in [0.25, 0.3) is 11.6 Å². The number of rotatable bonds is 3. The number of imide groups is 1. The van der Waals surface area contributed by atoms with Crippen molar-refractivity contribution < 1.29 is 9.59 Å². The van der Waals surface area contributed by atoms with E-state index in [1.165, 1.54) is 4.90 Å². The summed E-state index contributed by atoms with van der Waals surface area (Å²) in [5.41, 5.74) is 5.21. The molecular formula is C25H22N2O2. The van der Waals surface area contributed by atoms with E-state index in [4.69, 9.17) is 0 Å². The third kappa shape index (κ3) is 3.34. The van der Waals surface area contributed by atoms with Crippen LogP contribution < -0.4 is 9.80 Å². The summed E-state index contributed by atoms with van der Waals surface area (Å²) in [5, 5.41) is 0. The number of anilines is 2. The van der Waals surface area contributed by atoms with Crippen LogP contribution in [-0.2, 0) is 4.79 Å². The maximum absolute atomic E-state index is 13.5. The predicted molar refractivity (Wildman–Crippen MR) is 118 cm³/mol. The van der Waals surface area contributed by atoms with Crippen LogP contribution >= 0.6 is 0 Å². The molecule has 1 aliphatic heterocycles. The molecule has 0 saturated carbocycles. The van der Waals surface area contributed by atoms with Gasteiger partial charge in [-0.2, -0.15) is 0 Å². The number of nitrogens with zero attached hydrogens (tertiary/aromatic N) is 2. The van der Waals surface area contributed by atoms with E-state index in [-0.39, 0.29) is 11.8 Å². The molecule has 0 unspecified atom stereocenters. The van der Waals surface area contributed by atoms with Gasteiger partial charge in [0.1, 0.15) is 0 Å². The van der Waals surface area contributed by atoms with Crippen molar-refractivity contribution in [1.29, 1.82) is 0 Å². The first-order valence-electron chi connectivity index (χ1n) is 9.50.